The van der Waals surface area contributed by atoms with Gasteiger partial charge in [0.05, 0.1) is 13.8 Å². The third kappa shape index (κ3) is 4.08. The molecule has 6 nitrogen and oxygen atoms in total. The Morgan fingerprint density at radius 1 is 1.43 bits per heavy atom. The number of rotatable bonds is 4. The first kappa shape index (κ1) is 12.7. The lowest BCUT2D eigenvalue weighted by molar-refractivity contribution is -0.123. The molecule has 1 unspecified atom stereocenters. The maximum atomic E-state index is 11.4. The normalized spacial score (nSPS) is 12.1. The van der Waals surface area contributed by atoms with E-state index in [9.17, 15) is 9.59 Å². The zero-order valence-electron chi connectivity index (χ0n) is 8.66. The Hall–Kier alpha value is -1.30. The molecule has 82 valence electrons. The number of alkyl carbamates (subject to hydrolysis) is 1. The molecular formula is C8H17N3O3. The molecule has 0 aromatic heterocycles. The summed E-state index contributed by atoms with van der Waals surface area (Å²) in [5, 5.41) is 4.85. The van der Waals surface area contributed by atoms with Crippen molar-refractivity contribution in [2.75, 3.05) is 13.8 Å². The summed E-state index contributed by atoms with van der Waals surface area (Å²) in [5.41, 5.74) is 5.15. The van der Waals surface area contributed by atoms with Crippen LogP contribution >= 0.6 is 0 Å². The van der Waals surface area contributed by atoms with E-state index in [1.165, 1.54) is 7.11 Å². The highest BCUT2D eigenvalue weighted by Gasteiger charge is 2.23. The van der Waals surface area contributed by atoms with E-state index in [0.29, 0.717) is 0 Å². The molecule has 0 radical (unpaired) electrons. The van der Waals surface area contributed by atoms with Crippen LogP contribution in [0.1, 0.15) is 13.8 Å². The lowest BCUT2D eigenvalue weighted by Gasteiger charge is -2.20. The average Bonchev–Trinajstić information content (AvgIpc) is 2.13. The molecular weight excluding hydrogens is 186 g/mol. The lowest BCUT2D eigenvalue weighted by Crippen LogP contribution is -2.50. The summed E-state index contributed by atoms with van der Waals surface area (Å²) in [6.45, 7) is 3.68. The van der Waals surface area contributed by atoms with Crippen molar-refractivity contribution < 1.29 is 14.3 Å². The Balaban J connectivity index is 4.29. The second-order valence-corrected chi connectivity index (χ2v) is 3.10. The smallest absolute Gasteiger partial charge is 0.407 e. The molecule has 0 aliphatic carbocycles. The Kier molecular flexibility index (Phi) is 5.62. The fourth-order valence-corrected chi connectivity index (χ4v) is 0.931. The first-order chi connectivity index (χ1) is 6.52. The third-order valence-corrected chi connectivity index (χ3v) is 1.68. The van der Waals surface area contributed by atoms with Crippen molar-refractivity contribution in [3.8, 4) is 0 Å². The fourth-order valence-electron chi connectivity index (χ4n) is 0.931. The predicted molar refractivity (Wildman–Crippen MR) is 51.4 cm³/mol. The summed E-state index contributed by atoms with van der Waals surface area (Å²) < 4.78 is 4.40. The number of carbonyl (C=O) groups is 2. The fraction of sp³-hybridized carbons (Fsp3) is 0.750. The molecule has 0 fully saturated rings. The number of nitrogens with two attached hydrogens (primary N) is 1. The van der Waals surface area contributed by atoms with Gasteiger partial charge in [0.2, 0.25) is 5.91 Å². The van der Waals surface area contributed by atoms with E-state index >= 15 is 0 Å². The highest BCUT2D eigenvalue weighted by atomic mass is 16.5. The van der Waals surface area contributed by atoms with Crippen LogP contribution in [0.5, 0.6) is 0 Å². The molecule has 0 spiro atoms. The van der Waals surface area contributed by atoms with Crippen LogP contribution in [0.25, 0.3) is 0 Å². The molecule has 0 saturated carbocycles. The standard InChI is InChI=1S/C8H17N3O3/c1-5(2)6(7(12)10-4-9)11-8(13)14-3/h5-6H,4,9H2,1-3H3,(H,10,12)(H,11,13). The summed E-state index contributed by atoms with van der Waals surface area (Å²) in [6, 6.07) is -0.619. The van der Waals surface area contributed by atoms with Crippen molar-refractivity contribution in [1.82, 2.24) is 10.6 Å². The van der Waals surface area contributed by atoms with Gasteiger partial charge < -0.3 is 21.1 Å². The van der Waals surface area contributed by atoms with E-state index in [-0.39, 0.29) is 18.5 Å². The Morgan fingerprint density at radius 3 is 2.36 bits per heavy atom. The van der Waals surface area contributed by atoms with E-state index in [1.54, 1.807) is 0 Å². The van der Waals surface area contributed by atoms with Gasteiger partial charge in [-0.3, -0.25) is 4.79 Å². The highest BCUT2D eigenvalue weighted by Crippen LogP contribution is 2.01. The van der Waals surface area contributed by atoms with Crippen LogP contribution in [-0.2, 0) is 9.53 Å². The van der Waals surface area contributed by atoms with Crippen molar-refractivity contribution in [3.05, 3.63) is 0 Å². The minimum Gasteiger partial charge on any atom is -0.453 e. The van der Waals surface area contributed by atoms with Gasteiger partial charge >= 0.3 is 6.09 Å². The monoisotopic (exact) mass is 203 g/mol. The number of amides is 2. The van der Waals surface area contributed by atoms with Gasteiger partial charge in [-0.2, -0.15) is 0 Å². The van der Waals surface area contributed by atoms with Gasteiger partial charge in [0.25, 0.3) is 0 Å². The van der Waals surface area contributed by atoms with E-state index in [4.69, 9.17) is 5.73 Å². The SMILES string of the molecule is COC(=O)NC(C(=O)NCN)C(C)C. The van der Waals surface area contributed by atoms with Gasteiger partial charge in [-0.1, -0.05) is 13.8 Å². The van der Waals surface area contributed by atoms with Crippen LogP contribution in [0.2, 0.25) is 0 Å². The Morgan fingerprint density at radius 2 is 2.00 bits per heavy atom. The van der Waals surface area contributed by atoms with Crippen LogP contribution < -0.4 is 16.4 Å². The number of ether oxygens (including phenoxy) is 1. The molecule has 2 amide bonds. The topological polar surface area (TPSA) is 93.4 Å². The van der Waals surface area contributed by atoms with E-state index in [0.717, 1.165) is 0 Å². The molecule has 14 heavy (non-hydrogen) atoms. The van der Waals surface area contributed by atoms with Crippen LogP contribution in [-0.4, -0.2) is 31.8 Å². The van der Waals surface area contributed by atoms with Gasteiger partial charge in [0.1, 0.15) is 6.04 Å². The van der Waals surface area contributed by atoms with Crippen LogP contribution in [0.15, 0.2) is 0 Å². The third-order valence-electron chi connectivity index (χ3n) is 1.68. The second-order valence-electron chi connectivity index (χ2n) is 3.10. The number of hydrogen-bond acceptors (Lipinski definition) is 4. The maximum Gasteiger partial charge on any atom is 0.407 e. The molecule has 4 N–H and O–H groups in total. The Labute approximate surface area is 83.2 Å². The number of hydrogen-bond donors (Lipinski definition) is 3. The predicted octanol–water partition coefficient (Wildman–Crippen LogP) is -0.601. The number of nitrogens with one attached hydrogen (secondary N) is 2. The zero-order valence-corrected chi connectivity index (χ0v) is 8.66. The molecule has 0 aliphatic rings. The summed E-state index contributed by atoms with van der Waals surface area (Å²) in [4.78, 5) is 22.3. The average molecular weight is 203 g/mol. The van der Waals surface area contributed by atoms with Crippen LogP contribution in [0, 0.1) is 5.92 Å². The first-order valence-electron chi connectivity index (χ1n) is 4.35. The summed E-state index contributed by atoms with van der Waals surface area (Å²) in [7, 11) is 1.24. The molecule has 0 bridgehead atoms. The zero-order chi connectivity index (χ0) is 11.1. The van der Waals surface area contributed by atoms with Gasteiger partial charge in [-0.05, 0) is 5.92 Å². The van der Waals surface area contributed by atoms with Crippen molar-refractivity contribution in [2.45, 2.75) is 19.9 Å². The van der Waals surface area contributed by atoms with Crippen LogP contribution in [0.3, 0.4) is 0 Å². The van der Waals surface area contributed by atoms with Crippen molar-refractivity contribution in [2.24, 2.45) is 11.7 Å². The molecule has 1 atom stereocenters. The molecule has 0 saturated heterocycles. The second kappa shape index (κ2) is 6.20. The van der Waals surface area contributed by atoms with E-state index in [2.05, 4.69) is 15.4 Å². The first-order valence-corrected chi connectivity index (χ1v) is 4.35. The van der Waals surface area contributed by atoms with Crippen LogP contribution in [0.4, 0.5) is 4.79 Å². The minimum absolute atomic E-state index is 0.0272. The molecule has 0 heterocycles. The highest BCUT2D eigenvalue weighted by molar-refractivity contribution is 5.85. The van der Waals surface area contributed by atoms with Gasteiger partial charge in [0.15, 0.2) is 0 Å². The van der Waals surface area contributed by atoms with E-state index in [1.807, 2.05) is 13.8 Å². The van der Waals surface area contributed by atoms with Crippen molar-refractivity contribution in [1.29, 1.82) is 0 Å². The Bertz CT molecular complexity index is 206. The number of methoxy groups -OCH3 is 1. The number of carbonyl (C=O) groups excluding carboxylic acids is 2. The molecule has 0 aromatic rings. The quantitative estimate of drug-likeness (QED) is 0.532. The van der Waals surface area contributed by atoms with E-state index < -0.39 is 12.1 Å². The lowest BCUT2D eigenvalue weighted by atomic mass is 10.0. The van der Waals surface area contributed by atoms with Crippen molar-refractivity contribution in [3.63, 3.8) is 0 Å². The largest absolute Gasteiger partial charge is 0.453 e. The maximum absolute atomic E-state index is 11.4. The van der Waals surface area contributed by atoms with Gasteiger partial charge in [-0.15, -0.1) is 0 Å². The van der Waals surface area contributed by atoms with Gasteiger partial charge in [-0.25, -0.2) is 4.79 Å². The molecule has 0 rings (SSSR count). The minimum atomic E-state index is -0.629. The molecule has 0 aliphatic heterocycles. The van der Waals surface area contributed by atoms with Crippen molar-refractivity contribution >= 4 is 12.0 Å². The summed E-state index contributed by atoms with van der Waals surface area (Å²) >= 11 is 0. The molecule has 0 aromatic carbocycles. The van der Waals surface area contributed by atoms with Gasteiger partial charge in [0, 0.05) is 0 Å². The molecule has 6 heteroatoms. The summed E-state index contributed by atoms with van der Waals surface area (Å²) in [5.74, 6) is -0.339. The summed E-state index contributed by atoms with van der Waals surface area (Å²) in [6.07, 6.45) is -0.629.